The van der Waals surface area contributed by atoms with Crippen LogP contribution in [0.3, 0.4) is 0 Å². The van der Waals surface area contributed by atoms with Crippen LogP contribution in [0, 0.1) is 9.49 Å². The van der Waals surface area contributed by atoms with Gasteiger partial charge in [0.25, 0.3) is 0 Å². The van der Waals surface area contributed by atoms with Gasteiger partial charge in [0, 0.05) is 21.6 Å². The first kappa shape index (κ1) is 13.4. The van der Waals surface area contributed by atoms with E-state index >= 15 is 0 Å². The van der Waals surface area contributed by atoms with Crippen molar-refractivity contribution in [2.24, 2.45) is 5.92 Å². The molecule has 0 aliphatic carbocycles. The fraction of sp³-hybridized carbons (Fsp3) is 0.533. The first-order chi connectivity index (χ1) is 9.19. The van der Waals surface area contributed by atoms with E-state index in [1.54, 1.807) is 0 Å². The number of esters is 1. The zero-order chi connectivity index (χ0) is 13.4. The molecule has 102 valence electrons. The topological polar surface area (TPSA) is 38.3 Å². The minimum atomic E-state index is -0.0681. The molecule has 3 nitrogen and oxygen atoms in total. The summed E-state index contributed by atoms with van der Waals surface area (Å²) in [5.41, 5.74) is 1.27. The van der Waals surface area contributed by atoms with Crippen LogP contribution >= 0.6 is 22.6 Å². The summed E-state index contributed by atoms with van der Waals surface area (Å²) in [4.78, 5) is 12.1. The summed E-state index contributed by atoms with van der Waals surface area (Å²) in [5, 5.41) is 3.56. The average molecular weight is 371 g/mol. The number of ether oxygens (including phenoxy) is 1. The second-order valence-corrected chi connectivity index (χ2v) is 6.74. The van der Waals surface area contributed by atoms with Gasteiger partial charge in [-0.05, 0) is 59.5 Å². The molecule has 0 saturated carbocycles. The Labute approximate surface area is 127 Å². The average Bonchev–Trinajstić information content (AvgIpc) is 2.80. The Balaban J connectivity index is 1.92. The number of halogens is 1. The standard InChI is InChI=1S/C15H18INO2/c1-19-15(18)14-12(8-11-6-7-13(14)17-11)9-2-4-10(16)5-3-9/h2-5,11-14,17H,6-8H2,1H3/t11-,12+,13+,14-/m0/s1. The molecule has 4 atom stereocenters. The van der Waals surface area contributed by atoms with Crippen LogP contribution in [-0.4, -0.2) is 25.2 Å². The largest absolute Gasteiger partial charge is 0.469 e. The molecule has 0 radical (unpaired) electrons. The fourth-order valence-electron chi connectivity index (χ4n) is 3.57. The quantitative estimate of drug-likeness (QED) is 0.642. The first-order valence-corrected chi connectivity index (χ1v) is 7.86. The number of hydrogen-bond donors (Lipinski definition) is 1. The molecule has 0 aromatic heterocycles. The molecule has 1 aromatic rings. The molecular weight excluding hydrogens is 353 g/mol. The third-order valence-corrected chi connectivity index (χ3v) is 5.17. The van der Waals surface area contributed by atoms with Gasteiger partial charge in [-0.25, -0.2) is 0 Å². The summed E-state index contributed by atoms with van der Waals surface area (Å²) in [6, 6.07) is 9.41. The molecule has 2 heterocycles. The van der Waals surface area contributed by atoms with Crippen LogP contribution in [0.4, 0.5) is 0 Å². The molecule has 2 fully saturated rings. The second kappa shape index (κ2) is 5.40. The van der Waals surface area contributed by atoms with Crippen molar-refractivity contribution in [2.75, 3.05) is 7.11 Å². The van der Waals surface area contributed by atoms with Crippen LogP contribution in [0.25, 0.3) is 0 Å². The monoisotopic (exact) mass is 371 g/mol. The van der Waals surface area contributed by atoms with Gasteiger partial charge < -0.3 is 10.1 Å². The highest BCUT2D eigenvalue weighted by molar-refractivity contribution is 14.1. The molecule has 1 N–H and O–H groups in total. The first-order valence-electron chi connectivity index (χ1n) is 6.78. The van der Waals surface area contributed by atoms with Gasteiger partial charge in [0.2, 0.25) is 0 Å². The van der Waals surface area contributed by atoms with Crippen molar-refractivity contribution in [3.63, 3.8) is 0 Å². The molecule has 4 heteroatoms. The van der Waals surface area contributed by atoms with Gasteiger partial charge in [-0.3, -0.25) is 4.79 Å². The van der Waals surface area contributed by atoms with Crippen molar-refractivity contribution in [1.29, 1.82) is 0 Å². The van der Waals surface area contributed by atoms with Gasteiger partial charge in [0.1, 0.15) is 0 Å². The molecule has 0 amide bonds. The number of carbonyl (C=O) groups is 1. The molecule has 3 rings (SSSR count). The van der Waals surface area contributed by atoms with E-state index in [1.807, 2.05) is 0 Å². The SMILES string of the molecule is COC(=O)[C@H]1[C@@H](c2ccc(I)cc2)C[C@@H]2CC[C@H]1N2. The van der Waals surface area contributed by atoms with E-state index in [1.165, 1.54) is 22.7 Å². The van der Waals surface area contributed by atoms with E-state index in [-0.39, 0.29) is 17.9 Å². The number of benzene rings is 1. The smallest absolute Gasteiger partial charge is 0.310 e. The van der Waals surface area contributed by atoms with Gasteiger partial charge >= 0.3 is 5.97 Å². The summed E-state index contributed by atoms with van der Waals surface area (Å²) >= 11 is 2.31. The highest BCUT2D eigenvalue weighted by atomic mass is 127. The van der Waals surface area contributed by atoms with Gasteiger partial charge in [-0.1, -0.05) is 12.1 Å². The summed E-state index contributed by atoms with van der Waals surface area (Å²) in [7, 11) is 1.49. The van der Waals surface area contributed by atoms with E-state index < -0.39 is 0 Å². The number of carbonyl (C=O) groups excluding carboxylic acids is 1. The normalized spacial score (nSPS) is 33.2. The third-order valence-electron chi connectivity index (χ3n) is 4.45. The lowest BCUT2D eigenvalue weighted by molar-refractivity contribution is -0.148. The third kappa shape index (κ3) is 2.52. The molecule has 2 saturated heterocycles. The van der Waals surface area contributed by atoms with E-state index in [9.17, 15) is 4.79 Å². The maximum Gasteiger partial charge on any atom is 0.310 e. The second-order valence-electron chi connectivity index (χ2n) is 5.49. The minimum absolute atomic E-state index is 0.0381. The Morgan fingerprint density at radius 1 is 1.32 bits per heavy atom. The number of fused-ring (bicyclic) bond motifs is 2. The highest BCUT2D eigenvalue weighted by Gasteiger charge is 2.46. The Morgan fingerprint density at radius 3 is 2.74 bits per heavy atom. The van der Waals surface area contributed by atoms with Crippen LogP contribution in [0.5, 0.6) is 0 Å². The zero-order valence-electron chi connectivity index (χ0n) is 10.9. The number of nitrogens with one attached hydrogen (secondary N) is 1. The van der Waals surface area contributed by atoms with Crippen molar-refractivity contribution in [3.05, 3.63) is 33.4 Å². The van der Waals surface area contributed by atoms with E-state index in [4.69, 9.17) is 4.74 Å². The lowest BCUT2D eigenvalue weighted by atomic mass is 9.77. The summed E-state index contributed by atoms with van der Waals surface area (Å²) in [6.07, 6.45) is 3.31. The highest BCUT2D eigenvalue weighted by Crippen LogP contribution is 2.42. The van der Waals surface area contributed by atoms with Gasteiger partial charge in [0.15, 0.2) is 0 Å². The van der Waals surface area contributed by atoms with Crippen molar-refractivity contribution < 1.29 is 9.53 Å². The van der Waals surface area contributed by atoms with E-state index in [0.717, 1.165) is 12.8 Å². The Kier molecular flexibility index (Phi) is 3.80. The molecular formula is C15H18INO2. The van der Waals surface area contributed by atoms with Crippen LogP contribution < -0.4 is 5.32 Å². The van der Waals surface area contributed by atoms with Crippen LogP contribution in [-0.2, 0) is 9.53 Å². The number of hydrogen-bond acceptors (Lipinski definition) is 3. The Morgan fingerprint density at radius 2 is 2.05 bits per heavy atom. The zero-order valence-corrected chi connectivity index (χ0v) is 13.1. The molecule has 1 aromatic carbocycles. The molecule has 0 spiro atoms. The van der Waals surface area contributed by atoms with Crippen molar-refractivity contribution in [2.45, 2.75) is 37.3 Å². The minimum Gasteiger partial charge on any atom is -0.469 e. The fourth-order valence-corrected chi connectivity index (χ4v) is 3.93. The maximum atomic E-state index is 12.1. The lowest BCUT2D eigenvalue weighted by Gasteiger charge is -2.36. The Bertz CT molecular complexity index is 474. The molecule has 0 unspecified atom stereocenters. The maximum absolute atomic E-state index is 12.1. The predicted molar refractivity (Wildman–Crippen MR) is 82.0 cm³/mol. The summed E-state index contributed by atoms with van der Waals surface area (Å²) in [6.45, 7) is 0. The van der Waals surface area contributed by atoms with Crippen molar-refractivity contribution in [1.82, 2.24) is 5.32 Å². The number of piperidine rings is 1. The van der Waals surface area contributed by atoms with E-state index in [0.29, 0.717) is 12.0 Å². The number of rotatable bonds is 2. The summed E-state index contributed by atoms with van der Waals surface area (Å²) < 4.78 is 6.26. The van der Waals surface area contributed by atoms with Gasteiger partial charge in [-0.2, -0.15) is 0 Å². The molecule has 2 aliphatic rings. The van der Waals surface area contributed by atoms with Gasteiger partial charge in [0.05, 0.1) is 13.0 Å². The van der Waals surface area contributed by atoms with Crippen LogP contribution in [0.2, 0.25) is 0 Å². The number of methoxy groups -OCH3 is 1. The van der Waals surface area contributed by atoms with Crippen LogP contribution in [0.15, 0.2) is 24.3 Å². The summed E-state index contributed by atoms with van der Waals surface area (Å²) in [5.74, 6) is 0.188. The Hall–Kier alpha value is -0.620. The van der Waals surface area contributed by atoms with Crippen LogP contribution in [0.1, 0.15) is 30.7 Å². The lowest BCUT2D eigenvalue weighted by Crippen LogP contribution is -2.48. The van der Waals surface area contributed by atoms with Crippen molar-refractivity contribution >= 4 is 28.6 Å². The molecule has 19 heavy (non-hydrogen) atoms. The molecule has 2 aliphatic heterocycles. The van der Waals surface area contributed by atoms with Gasteiger partial charge in [-0.15, -0.1) is 0 Å². The van der Waals surface area contributed by atoms with Crippen molar-refractivity contribution in [3.8, 4) is 0 Å². The van der Waals surface area contributed by atoms with E-state index in [2.05, 4.69) is 52.2 Å². The predicted octanol–water partition coefficient (Wildman–Crippen LogP) is 2.69. The molecule has 2 bridgehead atoms.